The standard InChI is InChI=1S/C15H15N5O2/c1-9-17-15(22-19-9)13-6-10(21)8-20(13)14-7-16-11-4-2-3-5-12(11)18-14/h2-5,7,10,13,21H,6,8H2,1H3/t10-,13-/m1/s1. The van der Waals surface area contributed by atoms with E-state index in [-0.39, 0.29) is 6.04 Å². The normalized spacial score (nSPS) is 21.6. The van der Waals surface area contributed by atoms with Gasteiger partial charge in [0.1, 0.15) is 11.9 Å². The molecule has 7 heteroatoms. The van der Waals surface area contributed by atoms with Crippen LogP contribution in [-0.4, -0.2) is 37.9 Å². The van der Waals surface area contributed by atoms with Gasteiger partial charge < -0.3 is 14.5 Å². The number of fused-ring (bicyclic) bond motifs is 1. The molecule has 0 radical (unpaired) electrons. The van der Waals surface area contributed by atoms with Gasteiger partial charge in [-0.05, 0) is 19.1 Å². The third kappa shape index (κ3) is 2.19. The molecule has 0 aliphatic carbocycles. The molecule has 0 saturated carbocycles. The Bertz CT molecular complexity index is 818. The molecule has 1 saturated heterocycles. The van der Waals surface area contributed by atoms with Crippen LogP contribution in [0.25, 0.3) is 11.0 Å². The van der Waals surface area contributed by atoms with Gasteiger partial charge in [0.25, 0.3) is 0 Å². The predicted octanol–water partition coefficient (Wildman–Crippen LogP) is 1.63. The Morgan fingerprint density at radius 3 is 2.82 bits per heavy atom. The van der Waals surface area contributed by atoms with Gasteiger partial charge in [-0.1, -0.05) is 17.3 Å². The Morgan fingerprint density at radius 2 is 2.05 bits per heavy atom. The van der Waals surface area contributed by atoms with Crippen molar-refractivity contribution in [3.8, 4) is 0 Å². The smallest absolute Gasteiger partial charge is 0.249 e. The van der Waals surface area contributed by atoms with Gasteiger partial charge in [0.05, 0.1) is 23.3 Å². The Balaban J connectivity index is 1.74. The van der Waals surface area contributed by atoms with E-state index in [1.165, 1.54) is 0 Å². The van der Waals surface area contributed by atoms with E-state index in [0.717, 1.165) is 11.0 Å². The second-order valence-electron chi connectivity index (χ2n) is 5.45. The molecule has 4 rings (SSSR count). The maximum absolute atomic E-state index is 10.0. The lowest BCUT2D eigenvalue weighted by Gasteiger charge is -2.22. The summed E-state index contributed by atoms with van der Waals surface area (Å²) in [5.41, 5.74) is 1.66. The van der Waals surface area contributed by atoms with E-state index in [2.05, 4.69) is 20.1 Å². The summed E-state index contributed by atoms with van der Waals surface area (Å²) in [6, 6.07) is 7.53. The van der Waals surface area contributed by atoms with Gasteiger partial charge in [0.15, 0.2) is 5.82 Å². The summed E-state index contributed by atoms with van der Waals surface area (Å²) >= 11 is 0. The van der Waals surface area contributed by atoms with E-state index < -0.39 is 6.10 Å². The predicted molar refractivity (Wildman–Crippen MR) is 79.3 cm³/mol. The van der Waals surface area contributed by atoms with Crippen LogP contribution in [0.1, 0.15) is 24.2 Å². The fourth-order valence-corrected chi connectivity index (χ4v) is 2.84. The number of hydrogen-bond acceptors (Lipinski definition) is 7. The van der Waals surface area contributed by atoms with Crippen molar-refractivity contribution in [2.75, 3.05) is 11.4 Å². The minimum atomic E-state index is -0.453. The van der Waals surface area contributed by atoms with E-state index in [1.54, 1.807) is 13.1 Å². The lowest BCUT2D eigenvalue weighted by atomic mass is 10.2. The van der Waals surface area contributed by atoms with E-state index >= 15 is 0 Å². The molecule has 0 unspecified atom stereocenters. The van der Waals surface area contributed by atoms with Crippen molar-refractivity contribution in [2.24, 2.45) is 0 Å². The Morgan fingerprint density at radius 1 is 1.23 bits per heavy atom. The van der Waals surface area contributed by atoms with Crippen LogP contribution in [0.4, 0.5) is 5.82 Å². The summed E-state index contributed by atoms with van der Waals surface area (Å²) < 4.78 is 5.27. The maximum atomic E-state index is 10.0. The van der Waals surface area contributed by atoms with Crippen molar-refractivity contribution >= 4 is 16.9 Å². The average Bonchev–Trinajstić information content (AvgIpc) is 3.12. The van der Waals surface area contributed by atoms with Crippen LogP contribution in [0.15, 0.2) is 35.0 Å². The highest BCUT2D eigenvalue weighted by Crippen LogP contribution is 2.34. The number of para-hydroxylation sites is 2. The molecule has 1 aliphatic heterocycles. The fraction of sp³-hybridized carbons (Fsp3) is 0.333. The monoisotopic (exact) mass is 297 g/mol. The van der Waals surface area contributed by atoms with Crippen molar-refractivity contribution in [3.63, 3.8) is 0 Å². The summed E-state index contributed by atoms with van der Waals surface area (Å²) in [4.78, 5) is 15.3. The van der Waals surface area contributed by atoms with Crippen LogP contribution in [-0.2, 0) is 0 Å². The van der Waals surface area contributed by atoms with Gasteiger partial charge in [-0.25, -0.2) is 4.98 Å². The molecule has 0 bridgehead atoms. The van der Waals surface area contributed by atoms with Crippen LogP contribution in [0.3, 0.4) is 0 Å². The second-order valence-corrected chi connectivity index (χ2v) is 5.45. The minimum Gasteiger partial charge on any atom is -0.391 e. The number of rotatable bonds is 2. The number of anilines is 1. The first kappa shape index (κ1) is 13.1. The number of aliphatic hydroxyl groups excluding tert-OH is 1. The molecule has 7 nitrogen and oxygen atoms in total. The molecule has 2 aromatic heterocycles. The highest BCUT2D eigenvalue weighted by molar-refractivity contribution is 5.75. The molecule has 22 heavy (non-hydrogen) atoms. The number of aliphatic hydroxyl groups is 1. The fourth-order valence-electron chi connectivity index (χ4n) is 2.84. The van der Waals surface area contributed by atoms with Crippen molar-refractivity contribution in [1.29, 1.82) is 0 Å². The molecule has 0 amide bonds. The summed E-state index contributed by atoms with van der Waals surface area (Å²) in [5, 5.41) is 13.9. The number of aryl methyl sites for hydroxylation is 1. The lowest BCUT2D eigenvalue weighted by molar-refractivity contribution is 0.191. The van der Waals surface area contributed by atoms with Crippen LogP contribution in [0.5, 0.6) is 0 Å². The molecule has 3 aromatic rings. The quantitative estimate of drug-likeness (QED) is 0.769. The molecule has 1 aliphatic rings. The average molecular weight is 297 g/mol. The first-order chi connectivity index (χ1) is 10.7. The van der Waals surface area contributed by atoms with Crippen molar-refractivity contribution in [1.82, 2.24) is 20.1 Å². The highest BCUT2D eigenvalue weighted by atomic mass is 16.5. The zero-order valence-electron chi connectivity index (χ0n) is 12.0. The molecular weight excluding hydrogens is 282 g/mol. The number of aromatic nitrogens is 4. The van der Waals surface area contributed by atoms with Crippen molar-refractivity contribution < 1.29 is 9.63 Å². The van der Waals surface area contributed by atoms with E-state index in [9.17, 15) is 5.11 Å². The van der Waals surface area contributed by atoms with Crippen LogP contribution >= 0.6 is 0 Å². The number of β-amino-alcohol motifs (C(OH)–C–C–N with tert-alkyl or cyclic N) is 1. The lowest BCUT2D eigenvalue weighted by Crippen LogP contribution is -2.25. The number of hydrogen-bond donors (Lipinski definition) is 1. The zero-order chi connectivity index (χ0) is 15.1. The third-order valence-electron chi connectivity index (χ3n) is 3.84. The van der Waals surface area contributed by atoms with E-state index in [4.69, 9.17) is 4.52 Å². The Kier molecular flexibility index (Phi) is 3.00. The molecule has 1 aromatic carbocycles. The molecule has 112 valence electrons. The molecule has 0 spiro atoms. The molecule has 2 atom stereocenters. The first-order valence-electron chi connectivity index (χ1n) is 7.17. The Labute approximate surface area is 126 Å². The van der Waals surface area contributed by atoms with Crippen molar-refractivity contribution in [3.05, 3.63) is 42.2 Å². The summed E-state index contributed by atoms with van der Waals surface area (Å²) in [7, 11) is 0. The molecular formula is C15H15N5O2. The number of nitrogens with zero attached hydrogens (tertiary/aromatic N) is 5. The van der Waals surface area contributed by atoms with Gasteiger partial charge in [-0.2, -0.15) is 4.98 Å². The topological polar surface area (TPSA) is 88.2 Å². The van der Waals surface area contributed by atoms with Crippen LogP contribution in [0.2, 0.25) is 0 Å². The minimum absolute atomic E-state index is 0.174. The van der Waals surface area contributed by atoms with Gasteiger partial charge in [-0.15, -0.1) is 0 Å². The SMILES string of the molecule is Cc1noc([C@H]2C[C@@H](O)CN2c2cnc3ccccc3n2)n1. The van der Waals surface area contributed by atoms with Crippen molar-refractivity contribution in [2.45, 2.75) is 25.5 Å². The summed E-state index contributed by atoms with van der Waals surface area (Å²) in [6.45, 7) is 2.25. The maximum Gasteiger partial charge on any atom is 0.249 e. The first-order valence-corrected chi connectivity index (χ1v) is 7.17. The van der Waals surface area contributed by atoms with E-state index in [1.807, 2.05) is 29.2 Å². The zero-order valence-corrected chi connectivity index (χ0v) is 12.0. The molecule has 3 heterocycles. The Hall–Kier alpha value is -2.54. The summed E-state index contributed by atoms with van der Waals surface area (Å²) in [6.07, 6.45) is 1.80. The van der Waals surface area contributed by atoms with Crippen LogP contribution in [0, 0.1) is 6.92 Å². The number of benzene rings is 1. The van der Waals surface area contributed by atoms with Gasteiger partial charge in [-0.3, -0.25) is 4.98 Å². The highest BCUT2D eigenvalue weighted by Gasteiger charge is 2.36. The largest absolute Gasteiger partial charge is 0.391 e. The van der Waals surface area contributed by atoms with Gasteiger partial charge >= 0.3 is 0 Å². The summed E-state index contributed by atoms with van der Waals surface area (Å²) in [5.74, 6) is 1.79. The third-order valence-corrected chi connectivity index (χ3v) is 3.84. The van der Waals surface area contributed by atoms with Crippen LogP contribution < -0.4 is 4.90 Å². The van der Waals surface area contributed by atoms with Gasteiger partial charge in [0.2, 0.25) is 5.89 Å². The van der Waals surface area contributed by atoms with E-state index in [0.29, 0.717) is 30.5 Å². The molecule has 1 fully saturated rings. The molecule has 1 N–H and O–H groups in total. The second kappa shape index (κ2) is 5.03. The van der Waals surface area contributed by atoms with Gasteiger partial charge in [0, 0.05) is 13.0 Å².